The Morgan fingerprint density at radius 2 is 1.91 bits per heavy atom. The molecule has 2 fully saturated rings. The van der Waals surface area contributed by atoms with E-state index in [-0.39, 0.29) is 17.9 Å². The van der Waals surface area contributed by atoms with E-state index in [0.717, 1.165) is 25.9 Å². The van der Waals surface area contributed by atoms with Crippen LogP contribution in [-0.4, -0.2) is 48.3 Å². The molecule has 1 N–H and O–H groups in total. The quantitative estimate of drug-likeness (QED) is 0.871. The summed E-state index contributed by atoms with van der Waals surface area (Å²) in [5, 5.41) is 10.3. The summed E-state index contributed by atoms with van der Waals surface area (Å²) in [4.78, 5) is 14.0. The summed E-state index contributed by atoms with van der Waals surface area (Å²) in [6.07, 6.45) is 5.16. The van der Waals surface area contributed by atoms with Gasteiger partial charge in [0.05, 0.1) is 19.1 Å². The summed E-state index contributed by atoms with van der Waals surface area (Å²) < 4.78 is 4.82. The van der Waals surface area contributed by atoms with Crippen LogP contribution in [0.5, 0.6) is 0 Å². The lowest BCUT2D eigenvalue weighted by Gasteiger charge is -2.35. The number of aliphatic hydroxyl groups excluding tert-OH is 1. The van der Waals surface area contributed by atoms with Crippen molar-refractivity contribution in [2.24, 2.45) is 5.92 Å². The number of carbonyl (C=O) groups excluding carboxylic acids is 1. The van der Waals surface area contributed by atoms with E-state index in [1.54, 1.807) is 0 Å². The normalized spacial score (nSPS) is 28.6. The van der Waals surface area contributed by atoms with Gasteiger partial charge in [0.1, 0.15) is 0 Å². The van der Waals surface area contributed by atoms with Gasteiger partial charge in [0.15, 0.2) is 0 Å². The molecule has 1 saturated carbocycles. The number of piperidine rings is 1. The van der Waals surface area contributed by atoms with Crippen LogP contribution in [-0.2, 0) is 9.53 Å². The molecule has 2 aliphatic rings. The van der Waals surface area contributed by atoms with E-state index in [1.165, 1.54) is 18.2 Å². The van der Waals surface area contributed by atoms with Gasteiger partial charge in [-0.05, 0) is 31.2 Å². The van der Waals surface area contributed by atoms with Gasteiger partial charge in [0.25, 0.3) is 0 Å². The van der Waals surface area contributed by atoms with Crippen molar-refractivity contribution >= 4 is 12.0 Å². The van der Waals surface area contributed by atoms with Crippen LogP contribution in [0.4, 0.5) is 0 Å². The molecule has 1 aliphatic heterocycles. The summed E-state index contributed by atoms with van der Waals surface area (Å²) in [6, 6.07) is 10.5. The minimum atomic E-state index is -0.418. The van der Waals surface area contributed by atoms with Gasteiger partial charge in [-0.1, -0.05) is 42.0 Å². The number of hydrogen-bond donors (Lipinski definition) is 1. The zero-order valence-electron chi connectivity index (χ0n) is 13.6. The van der Waals surface area contributed by atoms with Crippen LogP contribution < -0.4 is 0 Å². The second-order valence-electron chi connectivity index (χ2n) is 6.58. The van der Waals surface area contributed by atoms with E-state index in [0.29, 0.717) is 12.8 Å². The van der Waals surface area contributed by atoms with E-state index >= 15 is 0 Å². The predicted octanol–water partition coefficient (Wildman–Crippen LogP) is 2.48. The summed E-state index contributed by atoms with van der Waals surface area (Å²) in [5.74, 6) is -0.338. The number of aliphatic hydroxyl groups is 1. The average molecular weight is 315 g/mol. The summed E-state index contributed by atoms with van der Waals surface area (Å²) >= 11 is 0. The topological polar surface area (TPSA) is 49.8 Å². The third kappa shape index (κ3) is 3.82. The van der Waals surface area contributed by atoms with E-state index in [2.05, 4.69) is 35.2 Å². The maximum Gasteiger partial charge on any atom is 0.308 e. The molecule has 0 radical (unpaired) electrons. The van der Waals surface area contributed by atoms with Crippen molar-refractivity contribution in [1.29, 1.82) is 0 Å². The van der Waals surface area contributed by atoms with Crippen LogP contribution in [0.1, 0.15) is 31.2 Å². The highest BCUT2D eigenvalue weighted by molar-refractivity contribution is 5.72. The van der Waals surface area contributed by atoms with Crippen LogP contribution in [0, 0.1) is 5.92 Å². The van der Waals surface area contributed by atoms with Crippen molar-refractivity contribution in [1.82, 2.24) is 4.90 Å². The van der Waals surface area contributed by atoms with Gasteiger partial charge >= 0.3 is 5.97 Å². The number of ether oxygens (including phenoxy) is 1. The molecule has 0 amide bonds. The molecule has 1 aromatic rings. The molecule has 1 aromatic carbocycles. The molecule has 4 heteroatoms. The average Bonchev–Trinajstić information content (AvgIpc) is 2.98. The van der Waals surface area contributed by atoms with Crippen molar-refractivity contribution in [3.05, 3.63) is 41.5 Å². The number of esters is 1. The number of hydrogen-bond acceptors (Lipinski definition) is 4. The SMILES string of the molecule is COC(=O)C1CC(O)C(N2CCC(=Cc3ccccc3)CC2)C1. The first kappa shape index (κ1) is 16.2. The molecule has 0 aromatic heterocycles. The molecule has 0 bridgehead atoms. The number of rotatable bonds is 3. The van der Waals surface area contributed by atoms with Gasteiger partial charge in [0.2, 0.25) is 0 Å². The Hall–Kier alpha value is -1.65. The number of carbonyl (C=O) groups is 1. The van der Waals surface area contributed by atoms with Crippen molar-refractivity contribution in [2.75, 3.05) is 20.2 Å². The number of likely N-dealkylation sites (tertiary alicyclic amines) is 1. The molecular weight excluding hydrogens is 290 g/mol. The van der Waals surface area contributed by atoms with Gasteiger partial charge in [-0.2, -0.15) is 0 Å². The highest BCUT2D eigenvalue weighted by atomic mass is 16.5. The Kier molecular flexibility index (Phi) is 5.13. The Balaban J connectivity index is 1.57. The van der Waals surface area contributed by atoms with Crippen molar-refractivity contribution < 1.29 is 14.6 Å². The van der Waals surface area contributed by atoms with Crippen molar-refractivity contribution in [2.45, 2.75) is 37.8 Å². The highest BCUT2D eigenvalue weighted by Gasteiger charge is 2.40. The molecule has 0 spiro atoms. The Labute approximate surface area is 137 Å². The van der Waals surface area contributed by atoms with Crippen LogP contribution in [0.25, 0.3) is 6.08 Å². The fourth-order valence-electron chi connectivity index (χ4n) is 3.82. The number of methoxy groups -OCH3 is 1. The zero-order chi connectivity index (χ0) is 16.2. The van der Waals surface area contributed by atoms with Crippen LogP contribution >= 0.6 is 0 Å². The lowest BCUT2D eigenvalue weighted by atomic mass is 9.98. The highest BCUT2D eigenvalue weighted by Crippen LogP contribution is 2.33. The smallest absolute Gasteiger partial charge is 0.308 e. The van der Waals surface area contributed by atoms with E-state index < -0.39 is 6.10 Å². The van der Waals surface area contributed by atoms with Crippen molar-refractivity contribution in [3.8, 4) is 0 Å². The van der Waals surface area contributed by atoms with Gasteiger partial charge in [0, 0.05) is 19.1 Å². The first-order valence-corrected chi connectivity index (χ1v) is 8.42. The number of nitrogens with zero attached hydrogens (tertiary/aromatic N) is 1. The minimum Gasteiger partial charge on any atom is -0.469 e. The molecular formula is C19H25NO3. The second kappa shape index (κ2) is 7.28. The molecule has 124 valence electrons. The lowest BCUT2D eigenvalue weighted by molar-refractivity contribution is -0.145. The molecule has 4 nitrogen and oxygen atoms in total. The fourth-order valence-corrected chi connectivity index (χ4v) is 3.82. The van der Waals surface area contributed by atoms with Gasteiger partial charge < -0.3 is 9.84 Å². The summed E-state index contributed by atoms with van der Waals surface area (Å²) in [5.41, 5.74) is 2.71. The molecule has 3 atom stereocenters. The molecule has 3 unspecified atom stereocenters. The first-order chi connectivity index (χ1) is 11.2. The molecule has 1 aliphatic carbocycles. The van der Waals surface area contributed by atoms with Crippen LogP contribution in [0.3, 0.4) is 0 Å². The maximum atomic E-state index is 11.7. The third-order valence-corrected chi connectivity index (χ3v) is 5.11. The maximum absolute atomic E-state index is 11.7. The van der Waals surface area contributed by atoms with Gasteiger partial charge in [-0.15, -0.1) is 0 Å². The van der Waals surface area contributed by atoms with Crippen LogP contribution in [0.15, 0.2) is 35.9 Å². The number of benzene rings is 1. The minimum absolute atomic E-state index is 0.0948. The van der Waals surface area contributed by atoms with E-state index in [9.17, 15) is 9.90 Å². The molecule has 3 rings (SSSR count). The van der Waals surface area contributed by atoms with Gasteiger partial charge in [-0.3, -0.25) is 9.69 Å². The van der Waals surface area contributed by atoms with Crippen molar-refractivity contribution in [3.63, 3.8) is 0 Å². The standard InChI is InChI=1S/C19H25NO3/c1-23-19(22)16-12-17(18(21)13-16)20-9-7-15(8-10-20)11-14-5-3-2-4-6-14/h2-6,11,16-18,21H,7-10,12-13H2,1H3. The molecule has 1 heterocycles. The predicted molar refractivity (Wildman–Crippen MR) is 89.8 cm³/mol. The second-order valence-corrected chi connectivity index (χ2v) is 6.58. The molecule has 1 saturated heterocycles. The van der Waals surface area contributed by atoms with E-state index in [4.69, 9.17) is 4.74 Å². The summed E-state index contributed by atoms with van der Waals surface area (Å²) in [7, 11) is 1.42. The summed E-state index contributed by atoms with van der Waals surface area (Å²) in [6.45, 7) is 1.91. The Morgan fingerprint density at radius 1 is 1.22 bits per heavy atom. The Morgan fingerprint density at radius 3 is 2.57 bits per heavy atom. The monoisotopic (exact) mass is 315 g/mol. The van der Waals surface area contributed by atoms with E-state index in [1.807, 2.05) is 6.07 Å². The Bertz CT molecular complexity index is 559. The van der Waals surface area contributed by atoms with Gasteiger partial charge in [-0.25, -0.2) is 0 Å². The third-order valence-electron chi connectivity index (χ3n) is 5.11. The largest absolute Gasteiger partial charge is 0.469 e. The fraction of sp³-hybridized carbons (Fsp3) is 0.526. The zero-order valence-corrected chi connectivity index (χ0v) is 13.6. The lowest BCUT2D eigenvalue weighted by Crippen LogP contribution is -2.43. The molecule has 23 heavy (non-hydrogen) atoms. The van der Waals surface area contributed by atoms with Crippen LogP contribution in [0.2, 0.25) is 0 Å². The first-order valence-electron chi connectivity index (χ1n) is 8.42.